The smallest absolute Gasteiger partial charge is 0.165 e. The standard InChI is InChI=1S/C23H18N4/c1-15-20(17-9-5-3-6-10-17)13-18-14-24-23-21(22(18)25-15)16(2)26-27(23)19-11-7-4-8-12-19/h3-14H,1-2H3. The van der Waals surface area contributed by atoms with E-state index in [0.717, 1.165) is 44.6 Å². The molecule has 0 aliphatic carbocycles. The van der Waals surface area contributed by atoms with Crippen molar-refractivity contribution in [2.45, 2.75) is 13.8 Å². The Morgan fingerprint density at radius 1 is 0.815 bits per heavy atom. The molecule has 3 heterocycles. The van der Waals surface area contributed by atoms with Crippen molar-refractivity contribution in [1.82, 2.24) is 19.7 Å². The van der Waals surface area contributed by atoms with Gasteiger partial charge in [-0.15, -0.1) is 0 Å². The Morgan fingerprint density at radius 3 is 2.26 bits per heavy atom. The molecule has 0 atom stereocenters. The summed E-state index contributed by atoms with van der Waals surface area (Å²) in [5.74, 6) is 0. The van der Waals surface area contributed by atoms with Gasteiger partial charge >= 0.3 is 0 Å². The first kappa shape index (κ1) is 15.7. The number of hydrogen-bond donors (Lipinski definition) is 0. The molecular weight excluding hydrogens is 332 g/mol. The molecule has 0 radical (unpaired) electrons. The van der Waals surface area contributed by atoms with Gasteiger partial charge in [-0.3, -0.25) is 4.98 Å². The Labute approximate surface area is 157 Å². The van der Waals surface area contributed by atoms with Crippen molar-refractivity contribution >= 4 is 21.9 Å². The average Bonchev–Trinajstić information content (AvgIpc) is 3.06. The predicted molar refractivity (Wildman–Crippen MR) is 109 cm³/mol. The normalized spacial score (nSPS) is 11.3. The van der Waals surface area contributed by atoms with Crippen LogP contribution in [-0.4, -0.2) is 19.7 Å². The van der Waals surface area contributed by atoms with Crippen molar-refractivity contribution in [3.63, 3.8) is 0 Å². The molecule has 0 aliphatic heterocycles. The number of para-hydroxylation sites is 1. The fourth-order valence-corrected chi connectivity index (χ4v) is 3.62. The largest absolute Gasteiger partial charge is 0.252 e. The van der Waals surface area contributed by atoms with E-state index < -0.39 is 0 Å². The molecule has 0 bridgehead atoms. The first-order valence-electron chi connectivity index (χ1n) is 8.99. The zero-order valence-electron chi connectivity index (χ0n) is 15.2. The lowest BCUT2D eigenvalue weighted by molar-refractivity contribution is 0.878. The third-order valence-electron chi connectivity index (χ3n) is 4.93. The van der Waals surface area contributed by atoms with E-state index in [0.29, 0.717) is 0 Å². The Kier molecular flexibility index (Phi) is 3.50. The van der Waals surface area contributed by atoms with Crippen LogP contribution < -0.4 is 0 Å². The van der Waals surface area contributed by atoms with Crippen LogP contribution in [0.4, 0.5) is 0 Å². The Balaban J connectivity index is 1.79. The number of hydrogen-bond acceptors (Lipinski definition) is 3. The minimum absolute atomic E-state index is 0.838. The Bertz CT molecular complexity index is 1270. The lowest BCUT2D eigenvalue weighted by atomic mass is 10.0. The maximum absolute atomic E-state index is 4.95. The average molecular weight is 350 g/mol. The van der Waals surface area contributed by atoms with Crippen LogP contribution in [0.1, 0.15) is 11.4 Å². The van der Waals surface area contributed by atoms with Gasteiger partial charge in [0.05, 0.1) is 22.3 Å². The molecule has 0 saturated carbocycles. The molecule has 2 aromatic carbocycles. The summed E-state index contributed by atoms with van der Waals surface area (Å²) in [6.07, 6.45) is 1.90. The fraction of sp³-hybridized carbons (Fsp3) is 0.0870. The van der Waals surface area contributed by atoms with Gasteiger partial charge in [0, 0.05) is 22.8 Å². The van der Waals surface area contributed by atoms with Gasteiger partial charge in [-0.1, -0.05) is 48.5 Å². The maximum Gasteiger partial charge on any atom is 0.165 e. The zero-order chi connectivity index (χ0) is 18.4. The zero-order valence-corrected chi connectivity index (χ0v) is 15.2. The molecule has 0 saturated heterocycles. The van der Waals surface area contributed by atoms with Gasteiger partial charge in [0.2, 0.25) is 0 Å². The van der Waals surface area contributed by atoms with Crippen molar-refractivity contribution in [2.75, 3.05) is 0 Å². The quantitative estimate of drug-likeness (QED) is 0.436. The van der Waals surface area contributed by atoms with Gasteiger partial charge in [0.15, 0.2) is 5.65 Å². The van der Waals surface area contributed by atoms with E-state index in [2.05, 4.69) is 37.3 Å². The van der Waals surface area contributed by atoms with Crippen LogP contribution in [0, 0.1) is 13.8 Å². The summed E-state index contributed by atoms with van der Waals surface area (Å²) in [5.41, 5.74) is 7.04. The maximum atomic E-state index is 4.95. The summed E-state index contributed by atoms with van der Waals surface area (Å²) in [4.78, 5) is 9.69. The van der Waals surface area contributed by atoms with Crippen LogP contribution in [0.5, 0.6) is 0 Å². The van der Waals surface area contributed by atoms with E-state index in [-0.39, 0.29) is 0 Å². The summed E-state index contributed by atoms with van der Waals surface area (Å²) < 4.78 is 1.90. The van der Waals surface area contributed by atoms with Crippen molar-refractivity contribution in [2.24, 2.45) is 0 Å². The second kappa shape index (κ2) is 6.02. The predicted octanol–water partition coefficient (Wildman–Crippen LogP) is 5.25. The minimum Gasteiger partial charge on any atom is -0.252 e. The van der Waals surface area contributed by atoms with Crippen LogP contribution in [0.3, 0.4) is 0 Å². The molecule has 5 rings (SSSR count). The number of aryl methyl sites for hydroxylation is 2. The second-order valence-corrected chi connectivity index (χ2v) is 6.71. The van der Waals surface area contributed by atoms with Gasteiger partial charge in [-0.25, -0.2) is 9.67 Å². The number of pyridine rings is 2. The molecule has 3 aromatic heterocycles. The minimum atomic E-state index is 0.838. The van der Waals surface area contributed by atoms with Gasteiger partial charge in [-0.2, -0.15) is 5.10 Å². The van der Waals surface area contributed by atoms with E-state index in [1.165, 1.54) is 5.56 Å². The fourth-order valence-electron chi connectivity index (χ4n) is 3.62. The Morgan fingerprint density at radius 2 is 1.52 bits per heavy atom. The van der Waals surface area contributed by atoms with Crippen molar-refractivity contribution in [1.29, 1.82) is 0 Å². The van der Waals surface area contributed by atoms with Crippen molar-refractivity contribution in [3.05, 3.63) is 84.3 Å². The molecule has 0 unspecified atom stereocenters. The molecule has 0 spiro atoms. The highest BCUT2D eigenvalue weighted by Gasteiger charge is 2.16. The third kappa shape index (κ3) is 2.49. The molecule has 130 valence electrons. The van der Waals surface area contributed by atoms with E-state index in [9.17, 15) is 0 Å². The number of aromatic nitrogens is 4. The summed E-state index contributed by atoms with van der Waals surface area (Å²) in [6, 6.07) is 22.6. The lowest BCUT2D eigenvalue weighted by Crippen LogP contribution is -1.97. The highest BCUT2D eigenvalue weighted by molar-refractivity contribution is 6.04. The van der Waals surface area contributed by atoms with Crippen LogP contribution in [-0.2, 0) is 0 Å². The number of fused-ring (bicyclic) bond motifs is 3. The highest BCUT2D eigenvalue weighted by Crippen LogP contribution is 2.31. The van der Waals surface area contributed by atoms with Crippen LogP contribution in [0.15, 0.2) is 72.9 Å². The summed E-state index contributed by atoms with van der Waals surface area (Å²) in [7, 11) is 0. The highest BCUT2D eigenvalue weighted by atomic mass is 15.3. The van der Waals surface area contributed by atoms with Crippen molar-refractivity contribution < 1.29 is 0 Å². The van der Waals surface area contributed by atoms with Crippen LogP contribution in [0.25, 0.3) is 38.8 Å². The Hall–Kier alpha value is -3.53. The molecule has 5 aromatic rings. The number of benzene rings is 2. The van der Waals surface area contributed by atoms with Crippen molar-refractivity contribution in [3.8, 4) is 16.8 Å². The van der Waals surface area contributed by atoms with Gasteiger partial charge in [0.25, 0.3) is 0 Å². The summed E-state index contributed by atoms with van der Waals surface area (Å²) >= 11 is 0. The molecule has 0 amide bonds. The summed E-state index contributed by atoms with van der Waals surface area (Å²) in [5, 5.41) is 6.78. The molecule has 0 N–H and O–H groups in total. The van der Waals surface area contributed by atoms with E-state index in [4.69, 9.17) is 15.1 Å². The summed E-state index contributed by atoms with van der Waals surface area (Å²) in [6.45, 7) is 4.08. The van der Waals surface area contributed by atoms with E-state index in [1.807, 2.05) is 54.2 Å². The monoisotopic (exact) mass is 350 g/mol. The van der Waals surface area contributed by atoms with E-state index >= 15 is 0 Å². The SMILES string of the molecule is Cc1nc2c(cnc3c2c(C)nn3-c2ccccc2)cc1-c1ccccc1. The topological polar surface area (TPSA) is 43.6 Å². The molecule has 0 aliphatic rings. The second-order valence-electron chi connectivity index (χ2n) is 6.71. The molecule has 4 nitrogen and oxygen atoms in total. The van der Waals surface area contributed by atoms with Gasteiger partial charge in [-0.05, 0) is 37.6 Å². The molecule has 0 fully saturated rings. The molecular formula is C23H18N4. The van der Waals surface area contributed by atoms with Gasteiger partial charge < -0.3 is 0 Å². The van der Waals surface area contributed by atoms with E-state index in [1.54, 1.807) is 0 Å². The first-order chi connectivity index (χ1) is 13.2. The lowest BCUT2D eigenvalue weighted by Gasteiger charge is -2.09. The number of rotatable bonds is 2. The van der Waals surface area contributed by atoms with Gasteiger partial charge in [0.1, 0.15) is 0 Å². The van der Waals surface area contributed by atoms with Crippen LogP contribution in [0.2, 0.25) is 0 Å². The number of nitrogens with zero attached hydrogens (tertiary/aromatic N) is 4. The molecule has 4 heteroatoms. The molecule has 27 heavy (non-hydrogen) atoms. The first-order valence-corrected chi connectivity index (χ1v) is 8.99. The van der Waals surface area contributed by atoms with Crippen LogP contribution >= 0.6 is 0 Å². The third-order valence-corrected chi connectivity index (χ3v) is 4.93.